The highest BCUT2D eigenvalue weighted by Gasteiger charge is 2.31. The maximum absolute atomic E-state index is 12.9. The van der Waals surface area contributed by atoms with Crippen molar-refractivity contribution in [3.63, 3.8) is 0 Å². The molecule has 26 heavy (non-hydrogen) atoms. The molecule has 2 aromatic rings. The zero-order valence-corrected chi connectivity index (χ0v) is 14.5. The van der Waals surface area contributed by atoms with Crippen LogP contribution in [-0.2, 0) is 16.1 Å². The van der Waals surface area contributed by atoms with Crippen molar-refractivity contribution in [2.24, 2.45) is 0 Å². The van der Waals surface area contributed by atoms with E-state index in [9.17, 15) is 14.4 Å². The zero-order chi connectivity index (χ0) is 18.1. The second-order valence-corrected chi connectivity index (χ2v) is 6.85. The molecule has 1 atom stereocenters. The molecule has 0 saturated carbocycles. The number of nitrogens with one attached hydrogen (secondary N) is 1. The van der Waals surface area contributed by atoms with E-state index in [4.69, 9.17) is 0 Å². The SMILES string of the molecule is O=C1CCC(=O)N1Cc1ccc(C(=O)N2CCC[C@H]2c2ccc[nH]2)cc1. The summed E-state index contributed by atoms with van der Waals surface area (Å²) in [5, 5.41) is 0. The first kappa shape index (κ1) is 16.6. The summed E-state index contributed by atoms with van der Waals surface area (Å²) in [7, 11) is 0. The fraction of sp³-hybridized carbons (Fsp3) is 0.350. The van der Waals surface area contributed by atoms with Gasteiger partial charge in [-0.2, -0.15) is 0 Å². The van der Waals surface area contributed by atoms with Crippen LogP contribution in [0.2, 0.25) is 0 Å². The Kier molecular flexibility index (Phi) is 4.32. The molecule has 2 aliphatic rings. The van der Waals surface area contributed by atoms with Crippen LogP contribution in [0.5, 0.6) is 0 Å². The molecular formula is C20H21N3O3. The summed E-state index contributed by atoms with van der Waals surface area (Å²) in [6.45, 7) is 1.03. The number of hydrogen-bond donors (Lipinski definition) is 1. The summed E-state index contributed by atoms with van der Waals surface area (Å²) in [5.74, 6) is -0.232. The predicted molar refractivity (Wildman–Crippen MR) is 95.0 cm³/mol. The van der Waals surface area contributed by atoms with E-state index < -0.39 is 0 Å². The van der Waals surface area contributed by atoms with Crippen LogP contribution in [0.1, 0.15) is 53.3 Å². The normalized spacial score (nSPS) is 20.2. The molecule has 0 unspecified atom stereocenters. The molecule has 1 aromatic carbocycles. The van der Waals surface area contributed by atoms with Gasteiger partial charge in [0.1, 0.15) is 0 Å². The molecule has 0 spiro atoms. The number of amides is 3. The molecule has 0 aliphatic carbocycles. The van der Waals surface area contributed by atoms with Crippen LogP contribution in [-0.4, -0.2) is 39.1 Å². The summed E-state index contributed by atoms with van der Waals surface area (Å²) in [4.78, 5) is 42.8. The van der Waals surface area contributed by atoms with Gasteiger partial charge in [0.2, 0.25) is 11.8 Å². The van der Waals surface area contributed by atoms with E-state index in [1.807, 2.05) is 35.4 Å². The summed E-state index contributed by atoms with van der Waals surface area (Å²) < 4.78 is 0. The lowest BCUT2D eigenvalue weighted by Gasteiger charge is -2.24. The van der Waals surface area contributed by atoms with E-state index in [0.717, 1.165) is 30.6 Å². The van der Waals surface area contributed by atoms with Crippen molar-refractivity contribution in [3.8, 4) is 0 Å². The van der Waals surface area contributed by atoms with Gasteiger partial charge in [-0.1, -0.05) is 12.1 Å². The minimum atomic E-state index is -0.124. The van der Waals surface area contributed by atoms with Crippen molar-refractivity contribution >= 4 is 17.7 Å². The van der Waals surface area contributed by atoms with Crippen molar-refractivity contribution in [2.75, 3.05) is 6.54 Å². The largest absolute Gasteiger partial charge is 0.363 e. The molecule has 2 saturated heterocycles. The topological polar surface area (TPSA) is 73.5 Å². The third-order valence-electron chi connectivity index (χ3n) is 5.19. The van der Waals surface area contributed by atoms with Gasteiger partial charge in [-0.05, 0) is 42.7 Å². The molecule has 1 aromatic heterocycles. The number of carbonyl (C=O) groups excluding carboxylic acids is 3. The molecule has 1 N–H and O–H groups in total. The Morgan fingerprint density at radius 3 is 2.46 bits per heavy atom. The van der Waals surface area contributed by atoms with E-state index in [0.29, 0.717) is 18.4 Å². The Morgan fingerprint density at radius 1 is 1.08 bits per heavy atom. The molecule has 6 nitrogen and oxygen atoms in total. The van der Waals surface area contributed by atoms with Crippen LogP contribution in [0.4, 0.5) is 0 Å². The lowest BCUT2D eigenvalue weighted by molar-refractivity contribution is -0.139. The minimum Gasteiger partial charge on any atom is -0.363 e. The molecule has 0 bridgehead atoms. The maximum atomic E-state index is 12.9. The van der Waals surface area contributed by atoms with E-state index >= 15 is 0 Å². The number of hydrogen-bond acceptors (Lipinski definition) is 3. The number of nitrogens with zero attached hydrogens (tertiary/aromatic N) is 2. The molecular weight excluding hydrogens is 330 g/mol. The highest BCUT2D eigenvalue weighted by Crippen LogP contribution is 2.32. The van der Waals surface area contributed by atoms with Crippen molar-refractivity contribution in [1.82, 2.24) is 14.8 Å². The molecule has 3 amide bonds. The standard InChI is InChI=1S/C20H21N3O3/c24-18-9-10-19(25)23(18)13-14-5-7-15(8-6-14)20(26)22-12-2-4-17(22)16-3-1-11-21-16/h1,3,5-8,11,17,21H,2,4,9-10,12-13H2/t17-/m0/s1. The Labute approximate surface area is 151 Å². The number of aromatic amines is 1. The first-order valence-corrected chi connectivity index (χ1v) is 9.00. The van der Waals surface area contributed by atoms with Gasteiger partial charge in [0, 0.05) is 36.8 Å². The summed E-state index contributed by atoms with van der Waals surface area (Å²) in [5.41, 5.74) is 2.55. The molecule has 2 aliphatic heterocycles. The Balaban J connectivity index is 1.47. The number of aromatic nitrogens is 1. The third-order valence-corrected chi connectivity index (χ3v) is 5.19. The van der Waals surface area contributed by atoms with Gasteiger partial charge in [-0.3, -0.25) is 19.3 Å². The molecule has 2 fully saturated rings. The van der Waals surface area contributed by atoms with Crippen LogP contribution < -0.4 is 0 Å². The highest BCUT2D eigenvalue weighted by molar-refractivity contribution is 6.01. The number of likely N-dealkylation sites (tertiary alicyclic amines) is 2. The number of rotatable bonds is 4. The summed E-state index contributed by atoms with van der Waals surface area (Å²) >= 11 is 0. The quantitative estimate of drug-likeness (QED) is 0.861. The predicted octanol–water partition coefficient (Wildman–Crippen LogP) is 2.64. The minimum absolute atomic E-state index is 0.0157. The van der Waals surface area contributed by atoms with Gasteiger partial charge in [-0.25, -0.2) is 0 Å². The lowest BCUT2D eigenvalue weighted by atomic mass is 10.1. The first-order chi connectivity index (χ1) is 12.6. The summed E-state index contributed by atoms with van der Waals surface area (Å²) in [6, 6.07) is 11.3. The molecule has 134 valence electrons. The smallest absolute Gasteiger partial charge is 0.254 e. The van der Waals surface area contributed by atoms with E-state index in [1.54, 1.807) is 12.1 Å². The van der Waals surface area contributed by atoms with E-state index in [2.05, 4.69) is 4.98 Å². The maximum Gasteiger partial charge on any atom is 0.254 e. The monoisotopic (exact) mass is 351 g/mol. The van der Waals surface area contributed by atoms with Crippen LogP contribution >= 0.6 is 0 Å². The molecule has 4 rings (SSSR count). The number of benzene rings is 1. The number of imide groups is 1. The lowest BCUT2D eigenvalue weighted by Crippen LogP contribution is -2.31. The Morgan fingerprint density at radius 2 is 1.81 bits per heavy atom. The van der Waals surface area contributed by atoms with Crippen molar-refractivity contribution in [2.45, 2.75) is 38.3 Å². The van der Waals surface area contributed by atoms with Crippen molar-refractivity contribution in [3.05, 3.63) is 59.4 Å². The van der Waals surface area contributed by atoms with Crippen LogP contribution in [0.15, 0.2) is 42.6 Å². The second kappa shape index (κ2) is 6.78. The van der Waals surface area contributed by atoms with Gasteiger partial charge in [-0.15, -0.1) is 0 Å². The van der Waals surface area contributed by atoms with Crippen LogP contribution in [0.25, 0.3) is 0 Å². The van der Waals surface area contributed by atoms with Gasteiger partial charge in [0.05, 0.1) is 12.6 Å². The fourth-order valence-corrected chi connectivity index (χ4v) is 3.78. The molecule has 6 heteroatoms. The van der Waals surface area contributed by atoms with Crippen molar-refractivity contribution < 1.29 is 14.4 Å². The Bertz CT molecular complexity index is 810. The molecule has 3 heterocycles. The van der Waals surface area contributed by atoms with Crippen LogP contribution in [0.3, 0.4) is 0 Å². The average molecular weight is 351 g/mol. The van der Waals surface area contributed by atoms with Gasteiger partial charge < -0.3 is 9.88 Å². The highest BCUT2D eigenvalue weighted by atomic mass is 16.2. The van der Waals surface area contributed by atoms with Gasteiger partial charge >= 0.3 is 0 Å². The fourth-order valence-electron chi connectivity index (χ4n) is 3.78. The van der Waals surface area contributed by atoms with Crippen LogP contribution in [0, 0.1) is 0 Å². The van der Waals surface area contributed by atoms with Gasteiger partial charge in [0.25, 0.3) is 5.91 Å². The Hall–Kier alpha value is -2.89. The third kappa shape index (κ3) is 3.03. The summed E-state index contributed by atoms with van der Waals surface area (Å²) in [6.07, 6.45) is 4.43. The first-order valence-electron chi connectivity index (χ1n) is 9.00. The zero-order valence-electron chi connectivity index (χ0n) is 14.5. The number of carbonyl (C=O) groups is 3. The molecule has 0 radical (unpaired) electrons. The average Bonchev–Trinajstić information content (AvgIpc) is 3.39. The van der Waals surface area contributed by atoms with E-state index in [1.165, 1.54) is 4.90 Å². The number of H-pyrrole nitrogens is 1. The van der Waals surface area contributed by atoms with Gasteiger partial charge in [0.15, 0.2) is 0 Å². The van der Waals surface area contributed by atoms with Crippen molar-refractivity contribution in [1.29, 1.82) is 0 Å². The van der Waals surface area contributed by atoms with E-state index in [-0.39, 0.29) is 30.3 Å². The second-order valence-electron chi connectivity index (χ2n) is 6.85.